The molecule has 4 heteroatoms. The van der Waals surface area contributed by atoms with Crippen LogP contribution in [0, 0.1) is 6.92 Å². The molecule has 2 rings (SSSR count). The van der Waals surface area contributed by atoms with Gasteiger partial charge in [-0.1, -0.05) is 42.0 Å². The summed E-state index contributed by atoms with van der Waals surface area (Å²) in [7, 11) is 0. The SMILES string of the molecule is CCOc1cccc(CNC(C)(C)C)c1OCc1ccc(C)cc1.Cl. The molecule has 0 bridgehead atoms. The average molecular weight is 364 g/mol. The van der Waals surface area contributed by atoms with Crippen LogP contribution in [0.4, 0.5) is 0 Å². The zero-order valence-electron chi connectivity index (χ0n) is 15.9. The summed E-state index contributed by atoms with van der Waals surface area (Å²) < 4.78 is 11.9. The third kappa shape index (κ3) is 6.97. The molecule has 0 saturated carbocycles. The van der Waals surface area contributed by atoms with Crippen LogP contribution in [-0.2, 0) is 13.2 Å². The van der Waals surface area contributed by atoms with Gasteiger partial charge < -0.3 is 14.8 Å². The van der Waals surface area contributed by atoms with Crippen LogP contribution >= 0.6 is 12.4 Å². The van der Waals surface area contributed by atoms with E-state index >= 15 is 0 Å². The van der Waals surface area contributed by atoms with E-state index in [-0.39, 0.29) is 17.9 Å². The molecule has 138 valence electrons. The number of nitrogens with one attached hydrogen (secondary N) is 1. The second-order valence-corrected chi connectivity index (χ2v) is 7.06. The van der Waals surface area contributed by atoms with Crippen molar-refractivity contribution < 1.29 is 9.47 Å². The molecule has 0 amide bonds. The van der Waals surface area contributed by atoms with Gasteiger partial charge in [0.1, 0.15) is 6.61 Å². The van der Waals surface area contributed by atoms with Crippen LogP contribution in [0.5, 0.6) is 11.5 Å². The topological polar surface area (TPSA) is 30.5 Å². The molecule has 0 aliphatic heterocycles. The van der Waals surface area contributed by atoms with Gasteiger partial charge in [0.15, 0.2) is 11.5 Å². The van der Waals surface area contributed by atoms with Crippen molar-refractivity contribution in [2.24, 2.45) is 0 Å². The van der Waals surface area contributed by atoms with Crippen LogP contribution in [0.15, 0.2) is 42.5 Å². The van der Waals surface area contributed by atoms with Crippen molar-refractivity contribution in [3.05, 3.63) is 59.2 Å². The van der Waals surface area contributed by atoms with Crippen LogP contribution in [0.25, 0.3) is 0 Å². The van der Waals surface area contributed by atoms with E-state index in [9.17, 15) is 0 Å². The summed E-state index contributed by atoms with van der Waals surface area (Å²) in [5.74, 6) is 1.63. The number of halogens is 1. The van der Waals surface area contributed by atoms with E-state index in [1.54, 1.807) is 0 Å². The molecule has 0 spiro atoms. The number of hydrogen-bond acceptors (Lipinski definition) is 3. The molecule has 0 atom stereocenters. The molecular weight excluding hydrogens is 334 g/mol. The Morgan fingerprint density at radius 3 is 2.24 bits per heavy atom. The predicted octanol–water partition coefficient (Wildman–Crippen LogP) is 5.28. The molecule has 2 aromatic carbocycles. The van der Waals surface area contributed by atoms with Gasteiger partial charge in [-0.15, -0.1) is 12.4 Å². The maximum Gasteiger partial charge on any atom is 0.166 e. The van der Waals surface area contributed by atoms with E-state index in [0.717, 1.165) is 29.2 Å². The minimum atomic E-state index is 0. The molecule has 0 unspecified atom stereocenters. The minimum Gasteiger partial charge on any atom is -0.490 e. The number of benzene rings is 2. The lowest BCUT2D eigenvalue weighted by molar-refractivity contribution is 0.265. The van der Waals surface area contributed by atoms with Crippen LogP contribution < -0.4 is 14.8 Å². The quantitative estimate of drug-likeness (QED) is 0.725. The monoisotopic (exact) mass is 363 g/mol. The lowest BCUT2D eigenvalue weighted by atomic mass is 10.1. The Morgan fingerprint density at radius 2 is 1.64 bits per heavy atom. The predicted molar refractivity (Wildman–Crippen MR) is 107 cm³/mol. The van der Waals surface area contributed by atoms with Gasteiger partial charge in [-0.05, 0) is 46.2 Å². The van der Waals surface area contributed by atoms with Gasteiger partial charge in [-0.2, -0.15) is 0 Å². The molecule has 3 nitrogen and oxygen atoms in total. The van der Waals surface area contributed by atoms with Crippen molar-refractivity contribution in [3.63, 3.8) is 0 Å². The lowest BCUT2D eigenvalue weighted by Gasteiger charge is -2.22. The van der Waals surface area contributed by atoms with Crippen molar-refractivity contribution in [3.8, 4) is 11.5 Å². The van der Waals surface area contributed by atoms with Gasteiger partial charge in [-0.25, -0.2) is 0 Å². The largest absolute Gasteiger partial charge is 0.490 e. The molecule has 0 aliphatic rings. The fourth-order valence-corrected chi connectivity index (χ4v) is 2.33. The first kappa shape index (κ1) is 21.3. The molecule has 0 fully saturated rings. The zero-order chi connectivity index (χ0) is 17.6. The highest BCUT2D eigenvalue weighted by atomic mass is 35.5. The fourth-order valence-electron chi connectivity index (χ4n) is 2.33. The van der Waals surface area contributed by atoms with E-state index in [2.05, 4.69) is 63.3 Å². The molecule has 25 heavy (non-hydrogen) atoms. The molecule has 0 radical (unpaired) electrons. The Bertz CT molecular complexity index is 648. The summed E-state index contributed by atoms with van der Waals surface area (Å²) in [6.07, 6.45) is 0. The molecule has 0 saturated heterocycles. The van der Waals surface area contributed by atoms with E-state index in [1.807, 2.05) is 19.1 Å². The number of rotatable bonds is 7. The van der Waals surface area contributed by atoms with Crippen LogP contribution in [0.1, 0.15) is 44.4 Å². The zero-order valence-corrected chi connectivity index (χ0v) is 16.7. The Morgan fingerprint density at radius 1 is 0.960 bits per heavy atom. The molecular formula is C21H30ClNO2. The maximum absolute atomic E-state index is 6.15. The Labute approximate surface area is 158 Å². The summed E-state index contributed by atoms with van der Waals surface area (Å²) in [6, 6.07) is 14.5. The molecule has 0 aromatic heterocycles. The third-order valence-corrected chi connectivity index (χ3v) is 3.67. The maximum atomic E-state index is 6.15. The van der Waals surface area contributed by atoms with E-state index in [4.69, 9.17) is 9.47 Å². The Balaban J connectivity index is 0.00000312. The summed E-state index contributed by atoms with van der Waals surface area (Å²) in [6.45, 7) is 12.5. The Hall–Kier alpha value is -1.71. The van der Waals surface area contributed by atoms with Crippen LogP contribution in [0.2, 0.25) is 0 Å². The fraction of sp³-hybridized carbons (Fsp3) is 0.429. The van der Waals surface area contributed by atoms with Gasteiger partial charge in [0.2, 0.25) is 0 Å². The Kier molecular flexibility index (Phi) is 8.27. The van der Waals surface area contributed by atoms with E-state index in [0.29, 0.717) is 13.2 Å². The summed E-state index contributed by atoms with van der Waals surface area (Å²) in [5, 5.41) is 3.52. The van der Waals surface area contributed by atoms with Crippen LogP contribution in [-0.4, -0.2) is 12.1 Å². The normalized spacial score (nSPS) is 10.9. The second-order valence-electron chi connectivity index (χ2n) is 7.06. The highest BCUT2D eigenvalue weighted by molar-refractivity contribution is 5.85. The number of ether oxygens (including phenoxy) is 2. The summed E-state index contributed by atoms with van der Waals surface area (Å²) >= 11 is 0. The van der Waals surface area contributed by atoms with Crippen molar-refractivity contribution in [1.82, 2.24) is 5.32 Å². The first-order valence-corrected chi connectivity index (χ1v) is 8.57. The molecule has 2 aromatic rings. The molecule has 0 aliphatic carbocycles. The lowest BCUT2D eigenvalue weighted by Crippen LogP contribution is -2.35. The van der Waals surface area contributed by atoms with E-state index < -0.39 is 0 Å². The average Bonchev–Trinajstić information content (AvgIpc) is 2.53. The number of aryl methyl sites for hydroxylation is 1. The van der Waals surface area contributed by atoms with Gasteiger partial charge in [0.25, 0.3) is 0 Å². The standard InChI is InChI=1S/C21H29NO2.ClH/c1-6-23-19-9-7-8-18(14-22-21(3,4)5)20(19)24-15-17-12-10-16(2)11-13-17;/h7-13,22H,6,14-15H2,1-5H3;1H. The van der Waals surface area contributed by atoms with E-state index in [1.165, 1.54) is 5.56 Å². The highest BCUT2D eigenvalue weighted by Gasteiger charge is 2.14. The van der Waals surface area contributed by atoms with Crippen molar-refractivity contribution >= 4 is 12.4 Å². The highest BCUT2D eigenvalue weighted by Crippen LogP contribution is 2.32. The second kappa shape index (κ2) is 9.69. The number of para-hydroxylation sites is 1. The minimum absolute atomic E-state index is 0. The smallest absolute Gasteiger partial charge is 0.166 e. The first-order valence-electron chi connectivity index (χ1n) is 8.57. The molecule has 0 heterocycles. The van der Waals surface area contributed by atoms with Gasteiger partial charge in [0.05, 0.1) is 6.61 Å². The van der Waals surface area contributed by atoms with Crippen LogP contribution in [0.3, 0.4) is 0 Å². The van der Waals surface area contributed by atoms with Crippen molar-refractivity contribution in [1.29, 1.82) is 0 Å². The van der Waals surface area contributed by atoms with Crippen molar-refractivity contribution in [2.45, 2.75) is 53.3 Å². The number of hydrogen-bond donors (Lipinski definition) is 1. The van der Waals surface area contributed by atoms with Gasteiger partial charge in [-0.3, -0.25) is 0 Å². The molecule has 1 N–H and O–H groups in total. The van der Waals surface area contributed by atoms with Gasteiger partial charge in [0, 0.05) is 17.6 Å². The first-order chi connectivity index (χ1) is 11.4. The third-order valence-electron chi connectivity index (χ3n) is 3.67. The summed E-state index contributed by atoms with van der Waals surface area (Å²) in [4.78, 5) is 0. The summed E-state index contributed by atoms with van der Waals surface area (Å²) in [5.41, 5.74) is 3.57. The van der Waals surface area contributed by atoms with Gasteiger partial charge >= 0.3 is 0 Å². The van der Waals surface area contributed by atoms with Crippen molar-refractivity contribution in [2.75, 3.05) is 6.61 Å².